The van der Waals surface area contributed by atoms with Gasteiger partial charge < -0.3 is 4.74 Å². The van der Waals surface area contributed by atoms with Gasteiger partial charge in [0.25, 0.3) is 0 Å². The first-order chi connectivity index (χ1) is 7.26. The maximum atomic E-state index is 8.58. The number of ether oxygens (including phenoxy) is 1. The van der Waals surface area contributed by atoms with E-state index in [-0.39, 0.29) is 0 Å². The van der Waals surface area contributed by atoms with Crippen molar-refractivity contribution in [2.24, 2.45) is 0 Å². The summed E-state index contributed by atoms with van der Waals surface area (Å²) in [4.78, 5) is 1.10. The van der Waals surface area contributed by atoms with Gasteiger partial charge in [0.05, 0.1) is 12.7 Å². The van der Waals surface area contributed by atoms with Crippen molar-refractivity contribution in [3.05, 3.63) is 35.2 Å². The molecular formula is C12H13NOS. The third-order valence-corrected chi connectivity index (χ3v) is 2.70. The molecule has 0 fully saturated rings. The highest BCUT2D eigenvalue weighted by Crippen LogP contribution is 2.23. The Morgan fingerprint density at radius 3 is 2.67 bits per heavy atom. The molecule has 0 N–H and O–H groups in total. The molecule has 0 amide bonds. The fraction of sp³-hybridized carbons (Fsp3) is 0.250. The Hall–Kier alpha value is -1.40. The normalized spacial score (nSPS) is 10.9. The fourth-order valence-corrected chi connectivity index (χ4v) is 1.62. The summed E-state index contributed by atoms with van der Waals surface area (Å²) in [6.45, 7) is 4.43. The average molecular weight is 219 g/mol. The SMILES string of the molecule is CCOc1ccc(SC=C(C)C#N)cc1. The van der Waals surface area contributed by atoms with Gasteiger partial charge in [0.15, 0.2) is 0 Å². The number of allylic oxidation sites excluding steroid dienone is 1. The Kier molecular flexibility index (Phi) is 4.79. The van der Waals surface area contributed by atoms with E-state index in [1.807, 2.05) is 36.6 Å². The molecule has 0 unspecified atom stereocenters. The Morgan fingerprint density at radius 1 is 1.47 bits per heavy atom. The van der Waals surface area contributed by atoms with Crippen molar-refractivity contribution in [1.29, 1.82) is 5.26 Å². The molecule has 0 saturated carbocycles. The monoisotopic (exact) mass is 219 g/mol. The summed E-state index contributed by atoms with van der Waals surface area (Å²) in [5.74, 6) is 0.878. The summed E-state index contributed by atoms with van der Waals surface area (Å²) in [6, 6.07) is 9.91. The van der Waals surface area contributed by atoms with E-state index in [0.717, 1.165) is 10.6 Å². The first kappa shape index (κ1) is 11.7. The molecule has 1 aromatic carbocycles. The van der Waals surface area contributed by atoms with Crippen molar-refractivity contribution in [2.45, 2.75) is 18.7 Å². The molecular weight excluding hydrogens is 206 g/mol. The number of rotatable bonds is 4. The molecule has 1 aromatic rings. The van der Waals surface area contributed by atoms with Crippen LogP contribution >= 0.6 is 11.8 Å². The average Bonchev–Trinajstić information content (AvgIpc) is 2.28. The second-order valence-corrected chi connectivity index (χ2v) is 3.88. The summed E-state index contributed by atoms with van der Waals surface area (Å²) in [5, 5.41) is 10.4. The third kappa shape index (κ3) is 4.09. The molecule has 0 aliphatic heterocycles. The lowest BCUT2D eigenvalue weighted by Gasteiger charge is -2.02. The predicted octanol–water partition coefficient (Wildman–Crippen LogP) is 3.60. The van der Waals surface area contributed by atoms with Crippen molar-refractivity contribution in [3.63, 3.8) is 0 Å². The van der Waals surface area contributed by atoms with E-state index >= 15 is 0 Å². The minimum absolute atomic E-state index is 0.680. The van der Waals surface area contributed by atoms with Crippen LogP contribution in [0.4, 0.5) is 0 Å². The van der Waals surface area contributed by atoms with Gasteiger partial charge in [0, 0.05) is 10.5 Å². The highest BCUT2D eigenvalue weighted by Gasteiger charge is 1.94. The van der Waals surface area contributed by atoms with Gasteiger partial charge >= 0.3 is 0 Å². The van der Waals surface area contributed by atoms with Gasteiger partial charge in [-0.2, -0.15) is 5.26 Å². The predicted molar refractivity (Wildman–Crippen MR) is 62.8 cm³/mol. The quantitative estimate of drug-likeness (QED) is 0.573. The molecule has 0 aromatic heterocycles. The van der Waals surface area contributed by atoms with E-state index < -0.39 is 0 Å². The second kappa shape index (κ2) is 6.15. The van der Waals surface area contributed by atoms with Crippen LogP contribution < -0.4 is 4.74 Å². The standard InChI is InChI=1S/C12H13NOS/c1-3-14-11-4-6-12(7-5-11)15-9-10(2)8-13/h4-7,9H,3H2,1-2H3. The van der Waals surface area contributed by atoms with Gasteiger partial charge in [-0.3, -0.25) is 0 Å². The summed E-state index contributed by atoms with van der Waals surface area (Å²) in [6.07, 6.45) is 0. The van der Waals surface area contributed by atoms with Crippen LogP contribution in [0.1, 0.15) is 13.8 Å². The molecule has 2 nitrogen and oxygen atoms in total. The van der Waals surface area contributed by atoms with Crippen LogP contribution in [0.5, 0.6) is 5.75 Å². The van der Waals surface area contributed by atoms with Crippen molar-refractivity contribution in [3.8, 4) is 11.8 Å². The molecule has 0 radical (unpaired) electrons. The van der Waals surface area contributed by atoms with Gasteiger partial charge in [0.1, 0.15) is 5.75 Å². The lowest BCUT2D eigenvalue weighted by molar-refractivity contribution is 0.340. The molecule has 78 valence electrons. The highest BCUT2D eigenvalue weighted by molar-refractivity contribution is 8.02. The third-order valence-electron chi connectivity index (χ3n) is 1.68. The maximum Gasteiger partial charge on any atom is 0.119 e. The lowest BCUT2D eigenvalue weighted by atomic mass is 10.3. The molecule has 0 saturated heterocycles. The van der Waals surface area contributed by atoms with Crippen LogP contribution in [0.25, 0.3) is 0 Å². The lowest BCUT2D eigenvalue weighted by Crippen LogP contribution is -1.90. The molecule has 3 heteroatoms. The number of nitriles is 1. The molecule has 0 heterocycles. The van der Waals surface area contributed by atoms with Crippen LogP contribution in [0, 0.1) is 11.3 Å². The second-order valence-electron chi connectivity index (χ2n) is 2.93. The number of thioether (sulfide) groups is 1. The molecule has 0 atom stereocenters. The van der Waals surface area contributed by atoms with Crippen LogP contribution in [0.15, 0.2) is 40.1 Å². The molecule has 0 bridgehead atoms. The fourth-order valence-electron chi connectivity index (χ4n) is 0.964. The number of nitrogens with zero attached hydrogens (tertiary/aromatic N) is 1. The van der Waals surface area contributed by atoms with Crippen molar-refractivity contribution >= 4 is 11.8 Å². The number of benzene rings is 1. The Morgan fingerprint density at radius 2 is 2.13 bits per heavy atom. The van der Waals surface area contributed by atoms with Crippen molar-refractivity contribution in [1.82, 2.24) is 0 Å². The van der Waals surface area contributed by atoms with Crippen LogP contribution in [-0.4, -0.2) is 6.61 Å². The summed E-state index contributed by atoms with van der Waals surface area (Å²) in [5.41, 5.74) is 0.717. The Labute approximate surface area is 94.6 Å². The largest absolute Gasteiger partial charge is 0.494 e. The van der Waals surface area contributed by atoms with Gasteiger partial charge in [-0.15, -0.1) is 0 Å². The molecule has 0 spiro atoms. The van der Waals surface area contributed by atoms with Crippen molar-refractivity contribution in [2.75, 3.05) is 6.61 Å². The smallest absolute Gasteiger partial charge is 0.119 e. The van der Waals surface area contributed by atoms with Gasteiger partial charge in [0.2, 0.25) is 0 Å². The van der Waals surface area contributed by atoms with E-state index in [1.165, 1.54) is 11.8 Å². The van der Waals surface area contributed by atoms with E-state index in [4.69, 9.17) is 10.00 Å². The van der Waals surface area contributed by atoms with Gasteiger partial charge in [-0.05, 0) is 43.5 Å². The minimum Gasteiger partial charge on any atom is -0.494 e. The van der Waals surface area contributed by atoms with Crippen molar-refractivity contribution < 1.29 is 4.74 Å². The zero-order valence-electron chi connectivity index (χ0n) is 8.86. The number of hydrogen-bond acceptors (Lipinski definition) is 3. The van der Waals surface area contributed by atoms with Gasteiger partial charge in [-0.1, -0.05) is 11.8 Å². The first-order valence-corrected chi connectivity index (χ1v) is 5.60. The summed E-state index contributed by atoms with van der Waals surface area (Å²) < 4.78 is 5.33. The highest BCUT2D eigenvalue weighted by atomic mass is 32.2. The van der Waals surface area contributed by atoms with Crippen LogP contribution in [-0.2, 0) is 0 Å². The first-order valence-electron chi connectivity index (χ1n) is 4.72. The summed E-state index contributed by atoms with van der Waals surface area (Å²) >= 11 is 1.54. The van der Waals surface area contributed by atoms with Crippen LogP contribution in [0.3, 0.4) is 0 Å². The number of hydrogen-bond donors (Lipinski definition) is 0. The van der Waals surface area contributed by atoms with E-state index in [9.17, 15) is 0 Å². The maximum absolute atomic E-state index is 8.58. The molecule has 0 aliphatic carbocycles. The van der Waals surface area contributed by atoms with E-state index in [2.05, 4.69) is 6.07 Å². The zero-order valence-corrected chi connectivity index (χ0v) is 9.67. The zero-order chi connectivity index (χ0) is 11.1. The topological polar surface area (TPSA) is 33.0 Å². The van der Waals surface area contributed by atoms with Crippen LogP contribution in [0.2, 0.25) is 0 Å². The van der Waals surface area contributed by atoms with E-state index in [0.29, 0.717) is 12.2 Å². The molecule has 0 aliphatic rings. The summed E-state index contributed by atoms with van der Waals surface area (Å²) in [7, 11) is 0. The minimum atomic E-state index is 0.680. The van der Waals surface area contributed by atoms with E-state index in [1.54, 1.807) is 6.92 Å². The Balaban J connectivity index is 2.61. The Bertz CT molecular complexity index is 376. The van der Waals surface area contributed by atoms with Gasteiger partial charge in [-0.25, -0.2) is 0 Å². The molecule has 15 heavy (non-hydrogen) atoms. The molecule has 1 rings (SSSR count).